The number of benzene rings is 1. The van der Waals surface area contributed by atoms with Crippen LogP contribution in [0.15, 0.2) is 30.5 Å². The van der Waals surface area contributed by atoms with E-state index in [1.54, 1.807) is 26.4 Å². The Labute approximate surface area is 165 Å². The minimum Gasteiger partial charge on any atom is -0.493 e. The third kappa shape index (κ3) is 3.67. The number of piperazine rings is 1. The zero-order valence-corrected chi connectivity index (χ0v) is 16.8. The van der Waals surface area contributed by atoms with Crippen LogP contribution in [-0.4, -0.2) is 72.6 Å². The maximum Gasteiger partial charge on any atom is 0.272 e. The van der Waals surface area contributed by atoms with Crippen molar-refractivity contribution in [1.82, 2.24) is 19.8 Å². The summed E-state index contributed by atoms with van der Waals surface area (Å²) in [7, 11) is 3.46. The minimum absolute atomic E-state index is 0.102. The van der Waals surface area contributed by atoms with E-state index in [1.807, 2.05) is 0 Å². The van der Waals surface area contributed by atoms with Crippen LogP contribution in [-0.2, 0) is 6.42 Å². The lowest BCUT2D eigenvalue weighted by Crippen LogP contribution is -2.47. The minimum atomic E-state index is -0.102. The van der Waals surface area contributed by atoms with Crippen molar-refractivity contribution in [2.45, 2.75) is 19.4 Å². The fourth-order valence-electron chi connectivity index (χ4n) is 3.81. The van der Waals surface area contributed by atoms with Crippen molar-refractivity contribution in [3.63, 3.8) is 0 Å². The molecule has 7 nitrogen and oxygen atoms in total. The molecule has 148 valence electrons. The summed E-state index contributed by atoms with van der Waals surface area (Å²) in [5.74, 6) is 1.57. The second-order valence-corrected chi connectivity index (χ2v) is 7.61. The average Bonchev–Trinajstić information content (AvgIpc) is 3.20. The number of aromatic nitrogens is 2. The summed E-state index contributed by atoms with van der Waals surface area (Å²) in [5.41, 5.74) is 3.04. The first kappa shape index (κ1) is 18.7. The summed E-state index contributed by atoms with van der Waals surface area (Å²) in [6, 6.07) is 8.62. The Kier molecular flexibility index (Phi) is 5.17. The van der Waals surface area contributed by atoms with Crippen LogP contribution in [0.5, 0.6) is 5.75 Å². The third-order valence-corrected chi connectivity index (χ3v) is 5.62. The molecule has 1 unspecified atom stereocenters. The van der Waals surface area contributed by atoms with Gasteiger partial charge in [-0.3, -0.25) is 9.69 Å². The molecule has 1 fully saturated rings. The molecule has 7 heteroatoms. The van der Waals surface area contributed by atoms with Crippen molar-refractivity contribution in [3.8, 4) is 5.75 Å². The number of rotatable bonds is 4. The lowest BCUT2D eigenvalue weighted by Gasteiger charge is -2.38. The van der Waals surface area contributed by atoms with Gasteiger partial charge in [0.1, 0.15) is 11.4 Å². The second-order valence-electron chi connectivity index (χ2n) is 7.61. The highest BCUT2D eigenvalue weighted by Gasteiger charge is 2.25. The summed E-state index contributed by atoms with van der Waals surface area (Å²) in [4.78, 5) is 27.2. The fourth-order valence-corrected chi connectivity index (χ4v) is 3.81. The van der Waals surface area contributed by atoms with Crippen LogP contribution in [0.25, 0.3) is 0 Å². The number of amides is 1. The number of nitrogens with zero attached hydrogens (tertiary/aromatic N) is 5. The van der Waals surface area contributed by atoms with Crippen molar-refractivity contribution in [2.75, 3.05) is 51.8 Å². The Morgan fingerprint density at radius 2 is 1.96 bits per heavy atom. The van der Waals surface area contributed by atoms with Crippen molar-refractivity contribution >= 4 is 11.9 Å². The zero-order valence-electron chi connectivity index (χ0n) is 16.8. The van der Waals surface area contributed by atoms with Gasteiger partial charge in [0.2, 0.25) is 5.95 Å². The first-order valence-corrected chi connectivity index (χ1v) is 9.82. The van der Waals surface area contributed by atoms with E-state index < -0.39 is 0 Å². The number of fused-ring (bicyclic) bond motifs is 1. The van der Waals surface area contributed by atoms with Gasteiger partial charge in [-0.25, -0.2) is 9.97 Å². The zero-order chi connectivity index (χ0) is 19.7. The Morgan fingerprint density at radius 3 is 2.71 bits per heavy atom. The summed E-state index contributed by atoms with van der Waals surface area (Å²) < 4.78 is 5.72. The third-order valence-electron chi connectivity index (χ3n) is 5.62. The first-order valence-electron chi connectivity index (χ1n) is 9.82. The Bertz CT molecular complexity index is 862. The molecule has 0 saturated carbocycles. The summed E-state index contributed by atoms with van der Waals surface area (Å²) in [6.45, 7) is 6.57. The van der Waals surface area contributed by atoms with Gasteiger partial charge in [-0.2, -0.15) is 0 Å². The number of carbonyl (C=O) groups excluding carboxylic acids is 1. The van der Waals surface area contributed by atoms with Crippen molar-refractivity contribution in [1.29, 1.82) is 0 Å². The molecule has 28 heavy (non-hydrogen) atoms. The summed E-state index contributed by atoms with van der Waals surface area (Å²) >= 11 is 0. The summed E-state index contributed by atoms with van der Waals surface area (Å²) in [5, 5.41) is 0. The Morgan fingerprint density at radius 1 is 1.18 bits per heavy atom. The van der Waals surface area contributed by atoms with Crippen LogP contribution in [0.1, 0.15) is 34.6 Å². The number of hydrogen-bond donors (Lipinski definition) is 0. The lowest BCUT2D eigenvalue weighted by atomic mass is 10.0. The van der Waals surface area contributed by atoms with Crippen LogP contribution >= 0.6 is 0 Å². The van der Waals surface area contributed by atoms with Gasteiger partial charge in [-0.1, -0.05) is 12.1 Å². The topological polar surface area (TPSA) is 61.8 Å². The van der Waals surface area contributed by atoms with Gasteiger partial charge in [0.05, 0.1) is 6.61 Å². The molecular formula is C21H27N5O2. The van der Waals surface area contributed by atoms with E-state index in [9.17, 15) is 4.79 Å². The molecule has 1 aromatic heterocycles. The molecule has 2 aliphatic heterocycles. The van der Waals surface area contributed by atoms with Crippen LogP contribution in [0, 0.1) is 0 Å². The SMILES string of the molecule is CC(c1ccc2c(c1)OCC2)N1CCN(c2nccc(C(=O)N(C)C)n2)CC1. The van der Waals surface area contributed by atoms with Crippen molar-refractivity contribution in [3.05, 3.63) is 47.3 Å². The predicted molar refractivity (Wildman–Crippen MR) is 108 cm³/mol. The Balaban J connectivity index is 1.41. The van der Waals surface area contributed by atoms with Crippen LogP contribution in [0.4, 0.5) is 5.95 Å². The van der Waals surface area contributed by atoms with Gasteiger partial charge in [0.25, 0.3) is 5.91 Å². The van der Waals surface area contributed by atoms with Gasteiger partial charge in [-0.05, 0) is 30.2 Å². The first-order chi connectivity index (χ1) is 13.5. The van der Waals surface area contributed by atoms with Crippen molar-refractivity contribution < 1.29 is 9.53 Å². The standard InChI is InChI=1S/C21H27N5O2/c1-15(17-5-4-16-7-13-28-19(16)14-17)25-9-11-26(12-10-25)21-22-8-6-18(23-21)20(27)24(2)3/h4-6,8,14-15H,7,9-13H2,1-3H3. The molecule has 3 heterocycles. The van der Waals surface area contributed by atoms with Gasteiger partial charge >= 0.3 is 0 Å². The van der Waals surface area contributed by atoms with E-state index in [-0.39, 0.29) is 5.91 Å². The lowest BCUT2D eigenvalue weighted by molar-refractivity contribution is 0.0822. The molecule has 0 aliphatic carbocycles. The highest BCUT2D eigenvalue weighted by molar-refractivity contribution is 5.92. The van der Waals surface area contributed by atoms with E-state index in [2.05, 4.69) is 44.9 Å². The number of ether oxygens (including phenoxy) is 1. The monoisotopic (exact) mass is 381 g/mol. The van der Waals surface area contributed by atoms with E-state index in [1.165, 1.54) is 16.0 Å². The molecule has 1 saturated heterocycles. The molecule has 2 aromatic rings. The smallest absolute Gasteiger partial charge is 0.272 e. The predicted octanol–water partition coefficient (Wildman–Crippen LogP) is 2.00. The fraction of sp³-hybridized carbons (Fsp3) is 0.476. The molecule has 2 aliphatic rings. The van der Waals surface area contributed by atoms with Crippen LogP contribution < -0.4 is 9.64 Å². The highest BCUT2D eigenvalue weighted by Crippen LogP contribution is 2.31. The molecule has 4 rings (SSSR count). The van der Waals surface area contributed by atoms with E-state index >= 15 is 0 Å². The molecule has 0 N–H and O–H groups in total. The van der Waals surface area contributed by atoms with Crippen molar-refractivity contribution in [2.24, 2.45) is 0 Å². The van der Waals surface area contributed by atoms with Gasteiger partial charge in [0, 0.05) is 58.9 Å². The van der Waals surface area contributed by atoms with E-state index in [0.29, 0.717) is 17.7 Å². The molecule has 1 aromatic carbocycles. The van der Waals surface area contributed by atoms with E-state index in [0.717, 1.165) is 45.0 Å². The molecular weight excluding hydrogens is 354 g/mol. The van der Waals surface area contributed by atoms with Gasteiger partial charge in [-0.15, -0.1) is 0 Å². The number of anilines is 1. The quantitative estimate of drug-likeness (QED) is 0.807. The Hall–Kier alpha value is -2.67. The molecule has 1 atom stereocenters. The molecule has 0 radical (unpaired) electrons. The van der Waals surface area contributed by atoms with Crippen LogP contribution in [0.2, 0.25) is 0 Å². The summed E-state index contributed by atoms with van der Waals surface area (Å²) in [6.07, 6.45) is 2.68. The molecule has 0 spiro atoms. The second kappa shape index (κ2) is 7.75. The maximum absolute atomic E-state index is 12.2. The largest absolute Gasteiger partial charge is 0.493 e. The highest BCUT2D eigenvalue weighted by atomic mass is 16.5. The van der Waals surface area contributed by atoms with Gasteiger partial charge in [0.15, 0.2) is 0 Å². The van der Waals surface area contributed by atoms with E-state index in [4.69, 9.17) is 4.74 Å². The maximum atomic E-state index is 12.2. The molecule has 1 amide bonds. The average molecular weight is 381 g/mol. The molecule has 0 bridgehead atoms. The van der Waals surface area contributed by atoms with Crippen LogP contribution in [0.3, 0.4) is 0 Å². The number of carbonyl (C=O) groups is 1. The number of hydrogen-bond acceptors (Lipinski definition) is 6. The normalized spacial score (nSPS) is 17.8. The van der Waals surface area contributed by atoms with Gasteiger partial charge < -0.3 is 14.5 Å².